The molecular formula is C20H32O4. The van der Waals surface area contributed by atoms with E-state index in [9.17, 15) is 4.79 Å². The molecule has 4 heteroatoms. The Morgan fingerprint density at radius 1 is 1.38 bits per heavy atom. The summed E-state index contributed by atoms with van der Waals surface area (Å²) in [6.07, 6.45) is 6.06. The molecule has 3 aliphatic carbocycles. The second-order valence-electron chi connectivity index (χ2n) is 7.74. The molecule has 3 unspecified atom stereocenters. The Kier molecular flexibility index (Phi) is 6.64. The molecule has 3 rings (SSSR count). The summed E-state index contributed by atoms with van der Waals surface area (Å²) in [6, 6.07) is 0. The van der Waals surface area contributed by atoms with Crippen LogP contribution in [-0.2, 0) is 19.0 Å². The van der Waals surface area contributed by atoms with Crippen LogP contribution in [0.15, 0.2) is 23.8 Å². The fourth-order valence-corrected chi connectivity index (χ4v) is 3.75. The first-order chi connectivity index (χ1) is 11.3. The summed E-state index contributed by atoms with van der Waals surface area (Å²) in [4.78, 5) is 11.2. The van der Waals surface area contributed by atoms with E-state index in [4.69, 9.17) is 14.2 Å². The highest BCUT2D eigenvalue weighted by Gasteiger charge is 2.50. The number of fused-ring (bicyclic) bond motifs is 1. The summed E-state index contributed by atoms with van der Waals surface area (Å²) in [6.45, 7) is 13.9. The van der Waals surface area contributed by atoms with Gasteiger partial charge in [-0.2, -0.15) is 0 Å². The lowest BCUT2D eigenvalue weighted by Crippen LogP contribution is -2.48. The van der Waals surface area contributed by atoms with Gasteiger partial charge in [0.25, 0.3) is 0 Å². The van der Waals surface area contributed by atoms with Gasteiger partial charge in [0.2, 0.25) is 0 Å². The van der Waals surface area contributed by atoms with Crippen molar-refractivity contribution in [2.24, 2.45) is 17.3 Å². The van der Waals surface area contributed by atoms with Crippen LogP contribution in [0, 0.1) is 17.3 Å². The molecule has 0 amide bonds. The van der Waals surface area contributed by atoms with Gasteiger partial charge in [-0.15, -0.1) is 0 Å². The topological polar surface area (TPSA) is 44.8 Å². The van der Waals surface area contributed by atoms with E-state index in [1.807, 2.05) is 6.92 Å². The van der Waals surface area contributed by atoms with Gasteiger partial charge in [-0.3, -0.25) is 0 Å². The number of carbonyl (C=O) groups is 1. The van der Waals surface area contributed by atoms with Gasteiger partial charge in [0.05, 0.1) is 25.9 Å². The molecule has 0 N–H and O–H groups in total. The Labute approximate surface area is 146 Å². The SMILES string of the molecule is C=C(C)C(=O)OCCOC(C)COCCC1=CCC2CC1C2(C)C. The molecule has 4 nitrogen and oxygen atoms in total. The summed E-state index contributed by atoms with van der Waals surface area (Å²) in [5.74, 6) is 1.28. The van der Waals surface area contributed by atoms with Gasteiger partial charge >= 0.3 is 5.97 Å². The number of carbonyl (C=O) groups excluding carboxylic acids is 1. The number of rotatable bonds is 10. The molecule has 0 heterocycles. The minimum atomic E-state index is -0.371. The van der Waals surface area contributed by atoms with Gasteiger partial charge in [-0.25, -0.2) is 4.79 Å². The van der Waals surface area contributed by atoms with Crippen molar-refractivity contribution in [3.8, 4) is 0 Å². The highest BCUT2D eigenvalue weighted by Crippen LogP contribution is 2.59. The normalized spacial score (nSPS) is 25.4. The average Bonchev–Trinajstić information content (AvgIpc) is 2.55. The Morgan fingerprint density at radius 2 is 2.12 bits per heavy atom. The lowest BCUT2D eigenvalue weighted by molar-refractivity contribution is -0.141. The average molecular weight is 336 g/mol. The van der Waals surface area contributed by atoms with Crippen molar-refractivity contribution in [1.82, 2.24) is 0 Å². The van der Waals surface area contributed by atoms with Crippen LogP contribution in [0.25, 0.3) is 0 Å². The lowest BCUT2D eigenvalue weighted by atomic mass is 9.48. The molecular weight excluding hydrogens is 304 g/mol. The number of hydrogen-bond acceptors (Lipinski definition) is 4. The number of ether oxygens (including phenoxy) is 3. The molecule has 0 spiro atoms. The minimum Gasteiger partial charge on any atom is -0.460 e. The Balaban J connectivity index is 1.52. The summed E-state index contributed by atoms with van der Waals surface area (Å²) < 4.78 is 16.3. The zero-order valence-electron chi connectivity index (χ0n) is 15.6. The van der Waals surface area contributed by atoms with Crippen molar-refractivity contribution in [3.63, 3.8) is 0 Å². The van der Waals surface area contributed by atoms with E-state index in [0.29, 0.717) is 24.2 Å². The van der Waals surface area contributed by atoms with Gasteiger partial charge in [-0.1, -0.05) is 32.1 Å². The van der Waals surface area contributed by atoms with Crippen molar-refractivity contribution in [2.75, 3.05) is 26.4 Å². The first-order valence-corrected chi connectivity index (χ1v) is 9.03. The summed E-state index contributed by atoms with van der Waals surface area (Å²) in [5.41, 5.74) is 2.48. The van der Waals surface area contributed by atoms with E-state index in [1.54, 1.807) is 12.5 Å². The van der Waals surface area contributed by atoms with E-state index < -0.39 is 0 Å². The summed E-state index contributed by atoms with van der Waals surface area (Å²) in [7, 11) is 0. The van der Waals surface area contributed by atoms with Crippen molar-refractivity contribution >= 4 is 5.97 Å². The Bertz CT molecular complexity index is 492. The maximum absolute atomic E-state index is 11.2. The molecule has 2 bridgehead atoms. The van der Waals surface area contributed by atoms with Gasteiger partial charge < -0.3 is 14.2 Å². The smallest absolute Gasteiger partial charge is 0.333 e. The first-order valence-electron chi connectivity index (χ1n) is 9.03. The first kappa shape index (κ1) is 19.2. The molecule has 3 aliphatic rings. The van der Waals surface area contributed by atoms with E-state index in [1.165, 1.54) is 12.8 Å². The van der Waals surface area contributed by atoms with E-state index in [-0.39, 0.29) is 18.7 Å². The van der Waals surface area contributed by atoms with E-state index in [0.717, 1.165) is 24.9 Å². The summed E-state index contributed by atoms with van der Waals surface area (Å²) in [5, 5.41) is 0. The van der Waals surface area contributed by atoms with Crippen LogP contribution in [0.2, 0.25) is 0 Å². The van der Waals surface area contributed by atoms with Crippen LogP contribution in [0.5, 0.6) is 0 Å². The molecule has 24 heavy (non-hydrogen) atoms. The molecule has 0 aromatic heterocycles. The van der Waals surface area contributed by atoms with Gasteiger partial charge in [0, 0.05) is 5.57 Å². The molecule has 0 aromatic carbocycles. The van der Waals surface area contributed by atoms with Gasteiger partial charge in [0.1, 0.15) is 6.61 Å². The molecule has 1 saturated carbocycles. The standard InChI is InChI=1S/C20H32O4/c1-14(2)19(21)24-11-10-23-15(3)13-22-9-8-16-6-7-17-12-18(16)20(17,4)5/h6,15,17-18H,1,7-13H2,2-5H3. The Hall–Kier alpha value is -1.13. The molecule has 0 aliphatic heterocycles. The maximum atomic E-state index is 11.2. The molecule has 0 saturated heterocycles. The second kappa shape index (κ2) is 8.30. The van der Waals surface area contributed by atoms with E-state index >= 15 is 0 Å². The monoisotopic (exact) mass is 336 g/mol. The largest absolute Gasteiger partial charge is 0.460 e. The van der Waals surface area contributed by atoms with Crippen molar-refractivity contribution in [3.05, 3.63) is 23.8 Å². The maximum Gasteiger partial charge on any atom is 0.333 e. The summed E-state index contributed by atoms with van der Waals surface area (Å²) >= 11 is 0. The van der Waals surface area contributed by atoms with Crippen LogP contribution >= 0.6 is 0 Å². The minimum absolute atomic E-state index is 0.00149. The molecule has 136 valence electrons. The van der Waals surface area contributed by atoms with E-state index in [2.05, 4.69) is 26.5 Å². The van der Waals surface area contributed by atoms with Gasteiger partial charge in [-0.05, 0) is 50.4 Å². The van der Waals surface area contributed by atoms with Crippen LogP contribution < -0.4 is 0 Å². The fraction of sp³-hybridized carbons (Fsp3) is 0.750. The van der Waals surface area contributed by atoms with Crippen LogP contribution in [0.4, 0.5) is 0 Å². The number of esters is 1. The van der Waals surface area contributed by atoms with Gasteiger partial charge in [0.15, 0.2) is 0 Å². The zero-order chi connectivity index (χ0) is 17.7. The predicted octanol–water partition coefficient (Wildman–Crippen LogP) is 3.91. The molecule has 0 radical (unpaired) electrons. The third kappa shape index (κ3) is 4.70. The van der Waals surface area contributed by atoms with Crippen molar-refractivity contribution in [1.29, 1.82) is 0 Å². The number of allylic oxidation sites excluding steroid dienone is 1. The fourth-order valence-electron chi connectivity index (χ4n) is 3.75. The molecule has 0 aromatic rings. The molecule has 1 fully saturated rings. The second-order valence-corrected chi connectivity index (χ2v) is 7.74. The quantitative estimate of drug-likeness (QED) is 0.263. The highest BCUT2D eigenvalue weighted by atomic mass is 16.6. The van der Waals surface area contributed by atoms with Crippen molar-refractivity contribution < 1.29 is 19.0 Å². The lowest BCUT2D eigenvalue weighted by Gasteiger charge is -2.56. The van der Waals surface area contributed by atoms with Crippen LogP contribution in [0.1, 0.15) is 47.0 Å². The van der Waals surface area contributed by atoms with Crippen LogP contribution in [-0.4, -0.2) is 38.5 Å². The Morgan fingerprint density at radius 3 is 2.75 bits per heavy atom. The number of hydrogen-bond donors (Lipinski definition) is 0. The predicted molar refractivity (Wildman–Crippen MR) is 94.7 cm³/mol. The third-order valence-electron chi connectivity index (χ3n) is 5.54. The van der Waals surface area contributed by atoms with Crippen LogP contribution in [0.3, 0.4) is 0 Å². The van der Waals surface area contributed by atoms with Crippen molar-refractivity contribution in [2.45, 2.75) is 53.1 Å². The molecule has 3 atom stereocenters. The highest BCUT2D eigenvalue weighted by molar-refractivity contribution is 5.86. The zero-order valence-corrected chi connectivity index (χ0v) is 15.6. The third-order valence-corrected chi connectivity index (χ3v) is 5.54.